The molecule has 4 amide bonds. The third-order valence-corrected chi connectivity index (χ3v) is 10.1. The van der Waals surface area contributed by atoms with Crippen LogP contribution in [0.25, 0.3) is 0 Å². The normalized spacial score (nSPS) is 18.0. The van der Waals surface area contributed by atoms with Gasteiger partial charge in [0.2, 0.25) is 0 Å². The summed E-state index contributed by atoms with van der Waals surface area (Å²) in [7, 11) is -9.02. The molecule has 0 fully saturated rings. The maximum absolute atomic E-state index is 12.9. The first-order chi connectivity index (χ1) is 24.6. The molecule has 264 valence electrons. The minimum atomic E-state index is -4.51. The van der Waals surface area contributed by atoms with Crippen molar-refractivity contribution in [1.29, 1.82) is 0 Å². The van der Waals surface area contributed by atoms with Crippen molar-refractivity contribution in [2.24, 2.45) is 9.98 Å². The zero-order valence-corrected chi connectivity index (χ0v) is 28.0. The maximum atomic E-state index is 12.9. The van der Waals surface area contributed by atoms with Gasteiger partial charge in [0.05, 0.1) is 11.4 Å². The molecule has 0 aliphatic heterocycles. The van der Waals surface area contributed by atoms with Gasteiger partial charge in [-0.15, -0.1) is 0 Å². The van der Waals surface area contributed by atoms with E-state index >= 15 is 0 Å². The Balaban J connectivity index is 1.09. The predicted octanol–water partition coefficient (Wildman–Crippen LogP) is 5.00. The fraction of sp³-hybridized carbons (Fsp3) is 0.0571. The fourth-order valence-electron chi connectivity index (χ4n) is 5.52. The molecule has 52 heavy (non-hydrogen) atoms. The smallest absolute Gasteiger partial charge is 0.323 e. The standard InChI is InChI=1S/C35H26N4O11S2/c40-23-9-11-25-27(17-23)29(13-15-31(25)51(45,46)47)38-33(42)19-1-5-21(6-2-19)36-35(44)37-22-7-3-20(4-8-22)34(43)39-30-14-16-32(52(48,49)50)26-12-10-24(41)18-28(26)30/h1-18,31-32,40-41H,(H2,36,37,44)(H,45,46,47)(H,48,49,50). The molecule has 6 rings (SSSR count). The summed E-state index contributed by atoms with van der Waals surface area (Å²) in [6, 6.07) is 18.4. The molecule has 0 bridgehead atoms. The summed E-state index contributed by atoms with van der Waals surface area (Å²) in [5.41, 5.74) is 1.64. The second-order valence-electron chi connectivity index (χ2n) is 11.5. The maximum Gasteiger partial charge on any atom is 0.323 e. The van der Waals surface area contributed by atoms with E-state index in [1.807, 2.05) is 0 Å². The Morgan fingerprint density at radius 3 is 1.27 bits per heavy atom. The molecule has 0 saturated heterocycles. The first-order valence-corrected chi connectivity index (χ1v) is 18.1. The van der Waals surface area contributed by atoms with E-state index in [9.17, 15) is 50.5 Å². The average molecular weight is 743 g/mol. The van der Waals surface area contributed by atoms with E-state index in [4.69, 9.17) is 0 Å². The van der Waals surface area contributed by atoms with Gasteiger partial charge in [-0.2, -0.15) is 16.8 Å². The van der Waals surface area contributed by atoms with Crippen molar-refractivity contribution in [2.75, 3.05) is 10.6 Å². The zero-order valence-electron chi connectivity index (χ0n) is 26.4. The topological polar surface area (TPSA) is 249 Å². The third-order valence-electron chi connectivity index (χ3n) is 7.96. The molecule has 0 saturated carbocycles. The summed E-state index contributed by atoms with van der Waals surface area (Å²) in [6.45, 7) is 0. The average Bonchev–Trinajstić information content (AvgIpc) is 3.08. The summed E-state index contributed by atoms with van der Waals surface area (Å²) >= 11 is 0. The summed E-state index contributed by atoms with van der Waals surface area (Å²) in [4.78, 5) is 46.6. The Morgan fingerprint density at radius 1 is 0.558 bits per heavy atom. The molecule has 15 nitrogen and oxygen atoms in total. The summed E-state index contributed by atoms with van der Waals surface area (Å²) in [5, 5.41) is 22.3. The number of carbonyl (C=O) groups excluding carboxylic acids is 3. The predicted molar refractivity (Wildman–Crippen MR) is 190 cm³/mol. The van der Waals surface area contributed by atoms with E-state index in [1.165, 1.54) is 109 Å². The highest BCUT2D eigenvalue weighted by Crippen LogP contribution is 2.34. The molecule has 2 aliphatic carbocycles. The number of rotatable bonds is 6. The number of nitrogens with one attached hydrogen (secondary N) is 2. The number of hydrogen-bond donors (Lipinski definition) is 6. The number of hydrogen-bond acceptors (Lipinski definition) is 9. The molecule has 2 unspecified atom stereocenters. The van der Waals surface area contributed by atoms with Crippen LogP contribution in [-0.2, 0) is 20.2 Å². The van der Waals surface area contributed by atoms with Gasteiger partial charge >= 0.3 is 6.03 Å². The number of allylic oxidation sites excluding steroid dienone is 2. The van der Waals surface area contributed by atoms with Crippen LogP contribution in [0.5, 0.6) is 11.5 Å². The highest BCUT2D eigenvalue weighted by atomic mass is 32.2. The molecule has 2 atom stereocenters. The van der Waals surface area contributed by atoms with Crippen LogP contribution in [-0.4, -0.2) is 65.4 Å². The fourth-order valence-corrected chi connectivity index (χ4v) is 7.13. The second kappa shape index (κ2) is 13.8. The van der Waals surface area contributed by atoms with E-state index in [0.29, 0.717) is 11.4 Å². The Bertz CT molecular complexity index is 2320. The first kappa shape index (κ1) is 35.6. The zero-order chi connectivity index (χ0) is 37.4. The second-order valence-corrected chi connectivity index (χ2v) is 14.5. The van der Waals surface area contributed by atoms with Crippen molar-refractivity contribution < 1.29 is 50.5 Å². The highest BCUT2D eigenvalue weighted by molar-refractivity contribution is 7.86. The van der Waals surface area contributed by atoms with E-state index in [2.05, 4.69) is 20.6 Å². The van der Waals surface area contributed by atoms with Crippen LogP contribution in [0.1, 0.15) is 53.5 Å². The van der Waals surface area contributed by atoms with Gasteiger partial charge in [0.15, 0.2) is 0 Å². The molecule has 0 spiro atoms. The molecular formula is C35H26N4O11S2. The number of fused-ring (bicyclic) bond motifs is 2. The van der Waals surface area contributed by atoms with Crippen LogP contribution < -0.4 is 10.6 Å². The van der Waals surface area contributed by atoms with Gasteiger partial charge in [0.1, 0.15) is 22.0 Å². The number of carbonyl (C=O) groups is 3. The third kappa shape index (κ3) is 7.72. The number of aromatic hydroxyl groups is 2. The Labute approximate surface area is 295 Å². The van der Waals surface area contributed by atoms with Gasteiger partial charge in [-0.1, -0.05) is 24.3 Å². The molecule has 4 aromatic carbocycles. The summed E-state index contributed by atoms with van der Waals surface area (Å²) < 4.78 is 66.5. The van der Waals surface area contributed by atoms with E-state index < -0.39 is 48.6 Å². The lowest BCUT2D eigenvalue weighted by molar-refractivity contribution is 0.0994. The summed E-state index contributed by atoms with van der Waals surface area (Å²) in [5.74, 6) is -1.78. The van der Waals surface area contributed by atoms with Crippen molar-refractivity contribution in [2.45, 2.75) is 10.5 Å². The number of anilines is 2. The number of aliphatic imine (C=N–C) groups is 2. The van der Waals surface area contributed by atoms with Crippen LogP contribution in [0.4, 0.5) is 16.2 Å². The lowest BCUT2D eigenvalue weighted by Crippen LogP contribution is -2.19. The largest absolute Gasteiger partial charge is 0.508 e. The summed E-state index contributed by atoms with van der Waals surface area (Å²) in [6.07, 6.45) is 4.88. The SMILES string of the molecule is O=C(Nc1ccc(C(=O)N=C2C=CC(S(=O)(=O)O)c3ccc(O)cc32)cc1)Nc1ccc(C(=O)N=C2C=CC(S(=O)(=O)O)c3ccc(O)cc32)cc1. The van der Waals surface area contributed by atoms with Crippen LogP contribution in [0, 0.1) is 0 Å². The van der Waals surface area contributed by atoms with Crippen molar-refractivity contribution in [3.05, 3.63) is 143 Å². The molecule has 0 aromatic heterocycles. The number of amides is 4. The first-order valence-electron chi connectivity index (χ1n) is 15.1. The minimum absolute atomic E-state index is 0.0720. The lowest BCUT2D eigenvalue weighted by atomic mass is 9.94. The number of urea groups is 1. The Morgan fingerprint density at radius 2 is 0.923 bits per heavy atom. The molecule has 4 aromatic rings. The van der Waals surface area contributed by atoms with Gasteiger partial charge in [-0.3, -0.25) is 18.7 Å². The van der Waals surface area contributed by atoms with Crippen LogP contribution in [0.3, 0.4) is 0 Å². The number of benzene rings is 4. The monoisotopic (exact) mass is 742 g/mol. The van der Waals surface area contributed by atoms with Gasteiger partial charge in [0, 0.05) is 33.6 Å². The molecule has 2 aliphatic rings. The van der Waals surface area contributed by atoms with Gasteiger partial charge in [-0.05, 0) is 96.1 Å². The highest BCUT2D eigenvalue weighted by Gasteiger charge is 2.31. The van der Waals surface area contributed by atoms with Gasteiger partial charge in [-0.25, -0.2) is 14.8 Å². The molecular weight excluding hydrogens is 717 g/mol. The van der Waals surface area contributed by atoms with Crippen molar-refractivity contribution in [3.8, 4) is 11.5 Å². The van der Waals surface area contributed by atoms with Crippen molar-refractivity contribution in [3.63, 3.8) is 0 Å². The van der Waals surface area contributed by atoms with Gasteiger partial charge in [0.25, 0.3) is 32.1 Å². The van der Waals surface area contributed by atoms with Crippen LogP contribution in [0.2, 0.25) is 0 Å². The molecule has 17 heteroatoms. The Hall–Kier alpha value is -6.27. The van der Waals surface area contributed by atoms with Gasteiger partial charge < -0.3 is 20.8 Å². The quantitative estimate of drug-likeness (QED) is 0.143. The van der Waals surface area contributed by atoms with Crippen LogP contribution in [0.15, 0.2) is 119 Å². The Kier molecular flexibility index (Phi) is 9.44. The molecule has 0 radical (unpaired) electrons. The van der Waals surface area contributed by atoms with E-state index in [0.717, 1.165) is 0 Å². The van der Waals surface area contributed by atoms with E-state index in [1.54, 1.807) is 0 Å². The van der Waals surface area contributed by atoms with E-state index in [-0.39, 0.29) is 56.3 Å². The van der Waals surface area contributed by atoms with Crippen LogP contribution >= 0.6 is 0 Å². The van der Waals surface area contributed by atoms with Crippen molar-refractivity contribution in [1.82, 2.24) is 0 Å². The number of phenols is 2. The number of phenolic OH excluding ortho intramolecular Hbond substituents is 2. The number of nitrogens with zero attached hydrogens (tertiary/aromatic N) is 2. The molecule has 0 heterocycles. The van der Waals surface area contributed by atoms with Crippen molar-refractivity contribution >= 4 is 60.9 Å². The molecule has 6 N–H and O–H groups in total. The lowest BCUT2D eigenvalue weighted by Gasteiger charge is -2.19. The minimum Gasteiger partial charge on any atom is -0.508 e.